The Hall–Kier alpha value is -4.63. The highest BCUT2D eigenvalue weighted by atomic mass is 15.2. The maximum absolute atomic E-state index is 5.08. The Morgan fingerprint density at radius 1 is 0.800 bits per heavy atom. The number of rotatable bonds is 2. The first kappa shape index (κ1) is 23.3. The van der Waals surface area contributed by atoms with Crippen molar-refractivity contribution in [1.82, 2.24) is 5.32 Å². The van der Waals surface area contributed by atoms with Crippen LogP contribution in [0.4, 0.5) is 11.4 Å². The summed E-state index contributed by atoms with van der Waals surface area (Å²) in [6, 6.07) is 37.6. The molecule has 2 aliphatic carbocycles. The minimum Gasteiger partial charge on any atom is -0.378 e. The van der Waals surface area contributed by atoms with Crippen molar-refractivity contribution in [3.8, 4) is 11.1 Å². The second-order valence-electron chi connectivity index (χ2n) is 11.6. The molecule has 2 aliphatic heterocycles. The van der Waals surface area contributed by atoms with Crippen LogP contribution in [0.3, 0.4) is 0 Å². The molecule has 2 atom stereocenters. The largest absolute Gasteiger partial charge is 0.378 e. The molecule has 8 rings (SSSR count). The molecule has 4 aromatic carbocycles. The van der Waals surface area contributed by atoms with Gasteiger partial charge in [-0.2, -0.15) is 0 Å². The Kier molecular flexibility index (Phi) is 5.06. The van der Waals surface area contributed by atoms with Crippen LogP contribution in [0.15, 0.2) is 131 Å². The van der Waals surface area contributed by atoms with E-state index in [4.69, 9.17) is 4.99 Å². The van der Waals surface area contributed by atoms with Crippen molar-refractivity contribution >= 4 is 29.2 Å². The van der Waals surface area contributed by atoms with E-state index in [0.29, 0.717) is 0 Å². The van der Waals surface area contributed by atoms with E-state index < -0.39 is 0 Å². The number of para-hydroxylation sites is 1. The van der Waals surface area contributed by atoms with Crippen molar-refractivity contribution < 1.29 is 0 Å². The standard InChI is InChI=1S/C37H31N3/c1-37(2)30-14-8-7-13-28(30)32-33(37)36-29(34-35(32)39-23-22-38-34)21-18-26-12-6-9-15-31(26)40(36)27-19-16-25(17-20-27)24-10-4-3-5-11-24/h3-22,29,36,39H,23H2,1-2H3. The SMILES string of the molecule is CC1(C)C2=C(C3=C(N=CCN3)C3C=Cc4ccccc4N(c4ccc(-c5ccccc5)cc4)C23)c2ccccc21. The molecule has 0 aromatic heterocycles. The Bertz CT molecular complexity index is 1770. The molecule has 4 aliphatic rings. The summed E-state index contributed by atoms with van der Waals surface area (Å²) in [5, 5.41) is 3.75. The summed E-state index contributed by atoms with van der Waals surface area (Å²) in [4.78, 5) is 7.67. The third-order valence-electron chi connectivity index (χ3n) is 9.08. The van der Waals surface area contributed by atoms with Crippen LogP contribution in [0.25, 0.3) is 22.8 Å². The Balaban J connectivity index is 1.38. The van der Waals surface area contributed by atoms with Crippen LogP contribution in [0.5, 0.6) is 0 Å². The van der Waals surface area contributed by atoms with Crippen LogP contribution >= 0.6 is 0 Å². The van der Waals surface area contributed by atoms with Crippen LogP contribution in [0.1, 0.15) is 30.5 Å². The third-order valence-corrected chi connectivity index (χ3v) is 9.08. The van der Waals surface area contributed by atoms with E-state index in [0.717, 1.165) is 12.2 Å². The van der Waals surface area contributed by atoms with Gasteiger partial charge in [-0.3, -0.25) is 4.99 Å². The van der Waals surface area contributed by atoms with Gasteiger partial charge >= 0.3 is 0 Å². The lowest BCUT2D eigenvalue weighted by Crippen LogP contribution is -2.46. The summed E-state index contributed by atoms with van der Waals surface area (Å²) in [5.74, 6) is 0.104. The van der Waals surface area contributed by atoms with E-state index in [1.165, 1.54) is 56.0 Å². The molecule has 3 heteroatoms. The van der Waals surface area contributed by atoms with E-state index in [9.17, 15) is 0 Å². The third kappa shape index (κ3) is 3.27. The van der Waals surface area contributed by atoms with Crippen molar-refractivity contribution in [3.05, 3.63) is 143 Å². The van der Waals surface area contributed by atoms with Gasteiger partial charge in [-0.25, -0.2) is 0 Å². The quantitative estimate of drug-likeness (QED) is 0.291. The van der Waals surface area contributed by atoms with E-state index in [2.05, 4.69) is 139 Å². The number of allylic oxidation sites excluding steroid dienone is 1. The summed E-state index contributed by atoms with van der Waals surface area (Å²) in [7, 11) is 0. The zero-order valence-electron chi connectivity index (χ0n) is 22.8. The lowest BCUT2D eigenvalue weighted by molar-refractivity contribution is 0.504. The van der Waals surface area contributed by atoms with Crippen LogP contribution in [0.2, 0.25) is 0 Å². The summed E-state index contributed by atoms with van der Waals surface area (Å²) in [6.07, 6.45) is 6.73. The first-order valence-electron chi connectivity index (χ1n) is 14.2. The van der Waals surface area contributed by atoms with E-state index in [1.54, 1.807) is 0 Å². The van der Waals surface area contributed by atoms with Gasteiger partial charge in [0.25, 0.3) is 0 Å². The van der Waals surface area contributed by atoms with Gasteiger partial charge in [0.05, 0.1) is 24.0 Å². The Labute approximate surface area is 235 Å². The molecule has 0 fully saturated rings. The molecule has 1 N–H and O–H groups in total. The smallest absolute Gasteiger partial charge is 0.0730 e. The van der Waals surface area contributed by atoms with Crippen molar-refractivity contribution in [2.75, 3.05) is 11.4 Å². The van der Waals surface area contributed by atoms with Gasteiger partial charge < -0.3 is 10.2 Å². The average Bonchev–Trinajstić information content (AvgIpc) is 3.13. The second-order valence-corrected chi connectivity index (χ2v) is 11.6. The van der Waals surface area contributed by atoms with Gasteiger partial charge in [-0.15, -0.1) is 0 Å². The Morgan fingerprint density at radius 3 is 2.38 bits per heavy atom. The second kappa shape index (κ2) is 8.69. The van der Waals surface area contributed by atoms with Gasteiger partial charge in [0.1, 0.15) is 0 Å². The number of nitrogens with zero attached hydrogens (tertiary/aromatic N) is 2. The Morgan fingerprint density at radius 2 is 1.52 bits per heavy atom. The molecular weight excluding hydrogens is 486 g/mol. The number of hydrogen-bond acceptors (Lipinski definition) is 3. The normalized spacial score (nSPS) is 21.6. The lowest BCUT2D eigenvalue weighted by atomic mass is 9.70. The minimum absolute atomic E-state index is 0.0793. The van der Waals surface area contributed by atoms with E-state index in [-0.39, 0.29) is 17.4 Å². The molecular formula is C37H31N3. The summed E-state index contributed by atoms with van der Waals surface area (Å²) in [5.41, 5.74) is 13.9. The topological polar surface area (TPSA) is 27.6 Å². The maximum atomic E-state index is 5.08. The molecule has 2 heterocycles. The number of hydrogen-bond donors (Lipinski definition) is 1. The van der Waals surface area contributed by atoms with Crippen molar-refractivity contribution in [2.45, 2.75) is 25.3 Å². The molecule has 0 saturated carbocycles. The maximum Gasteiger partial charge on any atom is 0.0730 e. The first-order chi connectivity index (χ1) is 19.6. The molecule has 3 nitrogen and oxygen atoms in total. The first-order valence-corrected chi connectivity index (χ1v) is 14.2. The summed E-state index contributed by atoms with van der Waals surface area (Å²) < 4.78 is 0. The fourth-order valence-corrected chi connectivity index (χ4v) is 7.32. The lowest BCUT2D eigenvalue weighted by Gasteiger charge is -2.45. The molecule has 0 saturated heterocycles. The number of fused-ring (bicyclic) bond motifs is 7. The number of benzene rings is 4. The fraction of sp³-hybridized carbons (Fsp3) is 0.162. The van der Waals surface area contributed by atoms with E-state index >= 15 is 0 Å². The molecule has 0 spiro atoms. The molecule has 0 bridgehead atoms. The predicted molar refractivity (Wildman–Crippen MR) is 167 cm³/mol. The molecule has 194 valence electrons. The average molecular weight is 518 g/mol. The van der Waals surface area contributed by atoms with Gasteiger partial charge in [-0.05, 0) is 51.6 Å². The minimum atomic E-state index is -0.133. The van der Waals surface area contributed by atoms with Gasteiger partial charge in [0.15, 0.2) is 0 Å². The zero-order chi connectivity index (χ0) is 26.8. The highest BCUT2D eigenvalue weighted by Crippen LogP contribution is 2.58. The van der Waals surface area contributed by atoms with Gasteiger partial charge in [0, 0.05) is 34.5 Å². The highest BCUT2D eigenvalue weighted by molar-refractivity contribution is 5.95. The van der Waals surface area contributed by atoms with E-state index in [1.807, 2.05) is 6.21 Å². The van der Waals surface area contributed by atoms with Crippen molar-refractivity contribution in [2.24, 2.45) is 10.9 Å². The van der Waals surface area contributed by atoms with Crippen LogP contribution in [-0.4, -0.2) is 18.8 Å². The summed E-state index contributed by atoms with van der Waals surface area (Å²) >= 11 is 0. The molecule has 40 heavy (non-hydrogen) atoms. The van der Waals surface area contributed by atoms with Gasteiger partial charge in [-0.1, -0.05) is 111 Å². The van der Waals surface area contributed by atoms with Crippen LogP contribution in [-0.2, 0) is 5.41 Å². The fourth-order valence-electron chi connectivity index (χ4n) is 7.32. The highest BCUT2D eigenvalue weighted by Gasteiger charge is 2.51. The number of aliphatic imine (C=N–C) groups is 1. The van der Waals surface area contributed by atoms with Gasteiger partial charge in [0.2, 0.25) is 0 Å². The number of anilines is 2. The number of nitrogens with one attached hydrogen (secondary N) is 1. The molecule has 2 unspecified atom stereocenters. The van der Waals surface area contributed by atoms with Crippen LogP contribution < -0.4 is 10.2 Å². The van der Waals surface area contributed by atoms with Crippen molar-refractivity contribution in [3.63, 3.8) is 0 Å². The zero-order valence-corrected chi connectivity index (χ0v) is 22.8. The molecule has 4 aromatic rings. The summed E-state index contributed by atoms with van der Waals surface area (Å²) in [6.45, 7) is 5.56. The predicted octanol–water partition coefficient (Wildman–Crippen LogP) is 8.15. The molecule has 0 radical (unpaired) electrons. The monoisotopic (exact) mass is 517 g/mol. The molecule has 0 amide bonds. The van der Waals surface area contributed by atoms with Crippen LogP contribution in [0, 0.1) is 5.92 Å². The van der Waals surface area contributed by atoms with Crippen molar-refractivity contribution in [1.29, 1.82) is 0 Å².